The molecule has 3 aliphatic rings. The smallest absolute Gasteiger partial charge is 0.339 e. The van der Waals surface area contributed by atoms with Gasteiger partial charge in [0.15, 0.2) is 0 Å². The summed E-state index contributed by atoms with van der Waals surface area (Å²) in [5.74, 6) is -3.71. The number of carboxylic acid groups (broad SMARTS) is 1. The van der Waals surface area contributed by atoms with Crippen molar-refractivity contribution in [1.82, 2.24) is 0 Å². The number of carboxylic acids is 1. The third kappa shape index (κ3) is 6.65. The number of ether oxygens (including phenoxy) is 3. The van der Waals surface area contributed by atoms with E-state index < -0.39 is 23.9 Å². The van der Waals surface area contributed by atoms with Gasteiger partial charge in [0.05, 0.1) is 22.3 Å². The average molecular weight is 501 g/mol. The predicted molar refractivity (Wildman–Crippen MR) is 130 cm³/mol. The fourth-order valence-electron chi connectivity index (χ4n) is 5.48. The van der Waals surface area contributed by atoms with Crippen LogP contribution in [0.5, 0.6) is 0 Å². The molecule has 0 aliphatic heterocycles. The third-order valence-corrected chi connectivity index (χ3v) is 7.53. The van der Waals surface area contributed by atoms with Gasteiger partial charge in [-0.05, 0) is 89.2 Å². The maximum Gasteiger partial charge on any atom is 0.339 e. The van der Waals surface area contributed by atoms with Crippen LogP contribution in [0.3, 0.4) is 0 Å². The van der Waals surface area contributed by atoms with Crippen LogP contribution in [-0.4, -0.2) is 47.3 Å². The minimum absolute atomic E-state index is 0.151. The van der Waals surface area contributed by atoms with Gasteiger partial charge in [-0.25, -0.2) is 19.2 Å². The van der Waals surface area contributed by atoms with Crippen molar-refractivity contribution < 1.29 is 38.5 Å². The third-order valence-electron chi connectivity index (χ3n) is 7.53. The number of hydrogen-bond donors (Lipinski definition) is 1. The highest BCUT2D eigenvalue weighted by Gasteiger charge is 2.31. The summed E-state index contributed by atoms with van der Waals surface area (Å²) >= 11 is 0. The number of carbonyl (C=O) groups excluding carboxylic acids is 3. The van der Waals surface area contributed by atoms with Crippen LogP contribution < -0.4 is 0 Å². The Kier molecular flexibility index (Phi) is 8.99. The summed E-state index contributed by atoms with van der Waals surface area (Å²) in [7, 11) is 0. The molecular weight excluding hydrogens is 464 g/mol. The number of aromatic carboxylic acids is 1. The van der Waals surface area contributed by atoms with Crippen molar-refractivity contribution in [2.45, 2.75) is 115 Å². The molecule has 1 aromatic carbocycles. The topological polar surface area (TPSA) is 116 Å². The summed E-state index contributed by atoms with van der Waals surface area (Å²) in [5.41, 5.74) is -0.978. The number of carbonyl (C=O) groups is 4. The molecule has 0 unspecified atom stereocenters. The Morgan fingerprint density at radius 2 is 0.778 bits per heavy atom. The highest BCUT2D eigenvalue weighted by molar-refractivity contribution is 6.10. The van der Waals surface area contributed by atoms with Crippen LogP contribution in [0.1, 0.15) is 138 Å². The Morgan fingerprint density at radius 3 is 1.08 bits per heavy atom. The molecule has 8 heteroatoms. The van der Waals surface area contributed by atoms with Crippen LogP contribution >= 0.6 is 0 Å². The lowest BCUT2D eigenvalue weighted by Crippen LogP contribution is -2.27. The van der Waals surface area contributed by atoms with Crippen LogP contribution in [0, 0.1) is 0 Å². The molecule has 196 valence electrons. The molecular formula is C28H36O8. The van der Waals surface area contributed by atoms with E-state index in [1.807, 2.05) is 0 Å². The van der Waals surface area contributed by atoms with E-state index in [4.69, 9.17) is 14.2 Å². The number of benzene rings is 1. The highest BCUT2D eigenvalue weighted by Crippen LogP contribution is 2.28. The van der Waals surface area contributed by atoms with Crippen LogP contribution in [0.2, 0.25) is 0 Å². The number of hydrogen-bond acceptors (Lipinski definition) is 7. The van der Waals surface area contributed by atoms with Gasteiger partial charge in [-0.15, -0.1) is 0 Å². The van der Waals surface area contributed by atoms with Crippen molar-refractivity contribution in [3.05, 3.63) is 34.4 Å². The molecule has 3 fully saturated rings. The molecule has 0 aromatic heterocycles. The van der Waals surface area contributed by atoms with E-state index in [0.29, 0.717) is 0 Å². The minimum Gasteiger partial charge on any atom is -0.478 e. The van der Waals surface area contributed by atoms with Crippen molar-refractivity contribution in [3.8, 4) is 0 Å². The molecule has 36 heavy (non-hydrogen) atoms. The summed E-state index contributed by atoms with van der Waals surface area (Å²) in [6.07, 6.45) is 12.4. The first kappa shape index (κ1) is 26.2. The summed E-state index contributed by atoms with van der Waals surface area (Å²) < 4.78 is 17.0. The fraction of sp³-hybridized carbons (Fsp3) is 0.643. The second kappa shape index (κ2) is 12.4. The zero-order valence-electron chi connectivity index (χ0n) is 20.8. The van der Waals surface area contributed by atoms with Crippen molar-refractivity contribution in [3.63, 3.8) is 0 Å². The Hall–Kier alpha value is -2.90. The summed E-state index contributed by atoms with van der Waals surface area (Å²) in [6.45, 7) is 0. The van der Waals surface area contributed by atoms with Crippen molar-refractivity contribution >= 4 is 23.9 Å². The first-order chi connectivity index (χ1) is 17.4. The second-order valence-corrected chi connectivity index (χ2v) is 10.2. The molecule has 8 nitrogen and oxygen atoms in total. The van der Waals surface area contributed by atoms with Crippen LogP contribution in [0.25, 0.3) is 0 Å². The molecule has 0 heterocycles. The molecule has 0 bridgehead atoms. The summed E-state index contributed by atoms with van der Waals surface area (Å²) in [5, 5.41) is 9.86. The van der Waals surface area contributed by atoms with Gasteiger partial charge >= 0.3 is 23.9 Å². The van der Waals surface area contributed by atoms with Gasteiger partial charge in [-0.3, -0.25) is 0 Å². The standard InChI is InChI=1S/C28H36O8/c29-25(30)21-16-23(27(32)35-19-12-6-2-7-13-19)24(28(33)36-20-14-8-3-9-15-20)17-22(21)26(31)34-18-10-4-1-5-11-18/h16-20H,1-15H2,(H,29,30). The van der Waals surface area contributed by atoms with Crippen LogP contribution in [0.15, 0.2) is 12.1 Å². The zero-order chi connectivity index (χ0) is 25.5. The average Bonchev–Trinajstić information content (AvgIpc) is 2.89. The number of rotatable bonds is 7. The Bertz CT molecular complexity index is 966. The van der Waals surface area contributed by atoms with Crippen molar-refractivity contribution in [2.24, 2.45) is 0 Å². The van der Waals surface area contributed by atoms with Crippen molar-refractivity contribution in [1.29, 1.82) is 0 Å². The fourth-order valence-corrected chi connectivity index (χ4v) is 5.48. The van der Waals surface area contributed by atoms with E-state index in [9.17, 15) is 24.3 Å². The van der Waals surface area contributed by atoms with Gasteiger partial charge in [0.1, 0.15) is 18.3 Å². The Balaban J connectivity index is 1.65. The van der Waals surface area contributed by atoms with Gasteiger partial charge in [0, 0.05) is 0 Å². The van der Waals surface area contributed by atoms with E-state index in [0.717, 1.165) is 108 Å². The van der Waals surface area contributed by atoms with Gasteiger partial charge in [-0.2, -0.15) is 0 Å². The van der Waals surface area contributed by atoms with Gasteiger partial charge in [0.25, 0.3) is 0 Å². The van der Waals surface area contributed by atoms with E-state index in [-0.39, 0.29) is 40.6 Å². The second-order valence-electron chi connectivity index (χ2n) is 10.2. The highest BCUT2D eigenvalue weighted by atomic mass is 16.6. The predicted octanol–water partition coefficient (Wildman–Crippen LogP) is 5.85. The Morgan fingerprint density at radius 1 is 0.500 bits per heavy atom. The number of esters is 3. The molecule has 3 saturated carbocycles. The lowest BCUT2D eigenvalue weighted by atomic mass is 9.95. The molecule has 0 radical (unpaired) electrons. The van der Waals surface area contributed by atoms with E-state index in [2.05, 4.69) is 0 Å². The largest absolute Gasteiger partial charge is 0.478 e. The van der Waals surface area contributed by atoms with Crippen LogP contribution in [0.4, 0.5) is 0 Å². The normalized spacial score (nSPS) is 19.9. The zero-order valence-corrected chi connectivity index (χ0v) is 20.8. The van der Waals surface area contributed by atoms with E-state index in [1.54, 1.807) is 0 Å². The SMILES string of the molecule is O=C(O)c1cc(C(=O)OC2CCCCC2)c(C(=O)OC2CCCCC2)cc1C(=O)OC1CCCCC1. The Labute approximate surface area is 211 Å². The molecule has 3 aliphatic carbocycles. The maximum absolute atomic E-state index is 13.2. The molecule has 0 spiro atoms. The van der Waals surface area contributed by atoms with E-state index in [1.165, 1.54) is 0 Å². The van der Waals surface area contributed by atoms with Gasteiger partial charge in [0.2, 0.25) is 0 Å². The molecule has 0 amide bonds. The lowest BCUT2D eigenvalue weighted by Gasteiger charge is -2.25. The maximum atomic E-state index is 13.2. The van der Waals surface area contributed by atoms with Crippen molar-refractivity contribution in [2.75, 3.05) is 0 Å². The summed E-state index contributed by atoms with van der Waals surface area (Å²) in [6, 6.07) is 2.22. The van der Waals surface area contributed by atoms with Gasteiger partial charge < -0.3 is 19.3 Å². The molecule has 1 aromatic rings. The first-order valence-electron chi connectivity index (χ1n) is 13.5. The molecule has 0 saturated heterocycles. The quantitative estimate of drug-likeness (QED) is 0.366. The molecule has 4 rings (SSSR count). The minimum atomic E-state index is -1.38. The lowest BCUT2D eigenvalue weighted by molar-refractivity contribution is 0.0160. The summed E-state index contributed by atoms with van der Waals surface area (Å²) in [4.78, 5) is 51.6. The monoisotopic (exact) mass is 500 g/mol. The first-order valence-corrected chi connectivity index (χ1v) is 13.5. The van der Waals surface area contributed by atoms with Crippen LogP contribution in [-0.2, 0) is 14.2 Å². The molecule has 0 atom stereocenters. The van der Waals surface area contributed by atoms with E-state index >= 15 is 0 Å². The van der Waals surface area contributed by atoms with Gasteiger partial charge in [-0.1, -0.05) is 19.3 Å². The molecule has 1 N–H and O–H groups in total.